The van der Waals surface area contributed by atoms with Crippen molar-refractivity contribution in [1.29, 1.82) is 10.5 Å². The average molecular weight is 690 g/mol. The second kappa shape index (κ2) is 13.8. The fourth-order valence-electron chi connectivity index (χ4n) is 7.52. The van der Waals surface area contributed by atoms with Crippen molar-refractivity contribution < 1.29 is 4.74 Å². The molecular weight excluding hydrogens is 659 g/mol. The number of rotatable bonds is 7. The molecule has 0 amide bonds. The van der Waals surface area contributed by atoms with Crippen LogP contribution in [0.4, 0.5) is 0 Å². The van der Waals surface area contributed by atoms with Gasteiger partial charge in [-0.3, -0.25) is 0 Å². The van der Waals surface area contributed by atoms with Crippen LogP contribution in [0, 0.1) is 22.7 Å². The van der Waals surface area contributed by atoms with Crippen molar-refractivity contribution in [2.24, 2.45) is 0 Å². The zero-order chi connectivity index (χ0) is 36.4. The van der Waals surface area contributed by atoms with Crippen LogP contribution in [0.5, 0.6) is 11.5 Å². The van der Waals surface area contributed by atoms with Gasteiger partial charge < -0.3 is 9.30 Å². The summed E-state index contributed by atoms with van der Waals surface area (Å²) in [6.07, 6.45) is 0. The van der Waals surface area contributed by atoms with Gasteiger partial charge in [-0.15, -0.1) is 0 Å². The Morgan fingerprint density at radius 2 is 0.796 bits per heavy atom. The third-order valence-electron chi connectivity index (χ3n) is 9.94. The molecule has 1 aromatic heterocycles. The molecule has 0 aliphatic heterocycles. The van der Waals surface area contributed by atoms with Gasteiger partial charge in [0.25, 0.3) is 0 Å². The molecule has 4 nitrogen and oxygen atoms in total. The molecule has 4 heteroatoms. The number of hydrogen-bond acceptors (Lipinski definition) is 3. The quantitative estimate of drug-likeness (QED) is 0.167. The van der Waals surface area contributed by atoms with Crippen LogP contribution in [0.1, 0.15) is 11.1 Å². The van der Waals surface area contributed by atoms with Crippen molar-refractivity contribution in [3.63, 3.8) is 0 Å². The van der Waals surface area contributed by atoms with Crippen LogP contribution in [0.3, 0.4) is 0 Å². The third-order valence-corrected chi connectivity index (χ3v) is 9.94. The summed E-state index contributed by atoms with van der Waals surface area (Å²) in [5.74, 6) is 0.752. The molecule has 9 rings (SSSR count). The molecule has 252 valence electrons. The number of hydrogen-bond donors (Lipinski definition) is 0. The second-order valence-electron chi connectivity index (χ2n) is 13.1. The molecule has 0 saturated carbocycles. The SMILES string of the molecule is N#Cc1c(Oc2ccccc2)c(C#N)c(-n2c3ccc(-c4ccccc4)cc3c3cc(-c4ccccc4)ccc32)c(-c2ccccc2)c1-c1ccccc1. The van der Waals surface area contributed by atoms with Gasteiger partial charge in [-0.25, -0.2) is 0 Å². The van der Waals surface area contributed by atoms with Crippen molar-refractivity contribution in [2.75, 3.05) is 0 Å². The molecule has 0 spiro atoms. The maximum Gasteiger partial charge on any atom is 0.165 e. The van der Waals surface area contributed by atoms with Crippen LogP contribution in [-0.4, -0.2) is 4.57 Å². The zero-order valence-corrected chi connectivity index (χ0v) is 29.1. The zero-order valence-electron chi connectivity index (χ0n) is 29.1. The number of benzene rings is 8. The second-order valence-corrected chi connectivity index (χ2v) is 13.1. The summed E-state index contributed by atoms with van der Waals surface area (Å²) in [5.41, 5.74) is 10.7. The van der Waals surface area contributed by atoms with E-state index in [1.807, 2.05) is 103 Å². The molecule has 0 saturated heterocycles. The number of aromatic nitrogens is 1. The molecule has 9 aromatic rings. The van der Waals surface area contributed by atoms with Gasteiger partial charge in [0.05, 0.1) is 16.7 Å². The Kier molecular flexibility index (Phi) is 8.25. The summed E-state index contributed by atoms with van der Waals surface area (Å²) in [4.78, 5) is 0. The summed E-state index contributed by atoms with van der Waals surface area (Å²) in [5, 5.41) is 24.4. The van der Waals surface area contributed by atoms with E-state index < -0.39 is 0 Å². The summed E-state index contributed by atoms with van der Waals surface area (Å²) >= 11 is 0. The van der Waals surface area contributed by atoms with Gasteiger partial charge in [-0.1, -0.05) is 152 Å². The van der Waals surface area contributed by atoms with Crippen LogP contribution >= 0.6 is 0 Å². The Morgan fingerprint density at radius 3 is 1.24 bits per heavy atom. The van der Waals surface area contributed by atoms with E-state index >= 15 is 0 Å². The largest absolute Gasteiger partial charge is 0.454 e. The molecule has 0 aliphatic carbocycles. The number of para-hydroxylation sites is 1. The van der Waals surface area contributed by atoms with Crippen molar-refractivity contribution in [2.45, 2.75) is 0 Å². The highest BCUT2D eigenvalue weighted by molar-refractivity contribution is 6.13. The van der Waals surface area contributed by atoms with Gasteiger partial charge >= 0.3 is 0 Å². The Hall–Kier alpha value is -7.66. The lowest BCUT2D eigenvalue weighted by atomic mass is 9.86. The van der Waals surface area contributed by atoms with Gasteiger partial charge in [0, 0.05) is 21.9 Å². The molecule has 8 aromatic carbocycles. The van der Waals surface area contributed by atoms with E-state index in [4.69, 9.17) is 4.74 Å². The lowest BCUT2D eigenvalue weighted by Crippen LogP contribution is -2.07. The average Bonchev–Trinajstić information content (AvgIpc) is 3.57. The van der Waals surface area contributed by atoms with Gasteiger partial charge in [0.15, 0.2) is 5.75 Å². The van der Waals surface area contributed by atoms with Crippen LogP contribution in [-0.2, 0) is 0 Å². The standard InChI is InChI=1S/C50H31N3O/c51-32-43-47(36-20-10-3-11-21-36)48(37-22-12-4-13-23-37)49(44(33-52)50(43)54-40-24-14-5-15-25-40)53-45-28-26-38(34-16-6-1-7-17-34)30-41(45)42-31-39(27-29-46(42)53)35-18-8-2-9-19-35/h1-31H. The number of ether oxygens (including phenoxy) is 1. The minimum absolute atomic E-state index is 0.219. The predicted molar refractivity (Wildman–Crippen MR) is 218 cm³/mol. The van der Waals surface area contributed by atoms with E-state index in [-0.39, 0.29) is 11.3 Å². The van der Waals surface area contributed by atoms with Gasteiger partial charge in [-0.2, -0.15) is 10.5 Å². The highest BCUT2D eigenvalue weighted by Crippen LogP contribution is 2.50. The summed E-state index contributed by atoms with van der Waals surface area (Å²) in [6, 6.07) is 68.2. The lowest BCUT2D eigenvalue weighted by molar-refractivity contribution is 0.479. The van der Waals surface area contributed by atoms with Crippen LogP contribution in [0.2, 0.25) is 0 Å². The summed E-state index contributed by atoms with van der Waals surface area (Å²) < 4.78 is 8.83. The van der Waals surface area contributed by atoms with Crippen molar-refractivity contribution >= 4 is 21.8 Å². The van der Waals surface area contributed by atoms with E-state index in [0.29, 0.717) is 22.6 Å². The van der Waals surface area contributed by atoms with Crippen molar-refractivity contribution in [3.8, 4) is 73.8 Å². The molecule has 1 heterocycles. The number of nitriles is 2. The summed E-state index contributed by atoms with van der Waals surface area (Å²) in [7, 11) is 0. The van der Waals surface area contributed by atoms with Crippen molar-refractivity contribution in [3.05, 3.63) is 199 Å². The minimum Gasteiger partial charge on any atom is -0.454 e. The maximum atomic E-state index is 11.3. The van der Waals surface area contributed by atoms with E-state index in [2.05, 4.69) is 102 Å². The minimum atomic E-state index is 0.219. The molecule has 54 heavy (non-hydrogen) atoms. The smallest absolute Gasteiger partial charge is 0.165 e. The molecule has 0 fully saturated rings. The number of nitrogens with zero attached hydrogens (tertiary/aromatic N) is 3. The van der Waals surface area contributed by atoms with E-state index in [1.165, 1.54) is 0 Å². The first-order valence-corrected chi connectivity index (χ1v) is 17.8. The maximum absolute atomic E-state index is 11.3. The van der Waals surface area contributed by atoms with Gasteiger partial charge in [0.2, 0.25) is 0 Å². The Bertz CT molecular complexity index is 2790. The van der Waals surface area contributed by atoms with Crippen LogP contribution in [0.25, 0.3) is 72.0 Å². The highest BCUT2D eigenvalue weighted by atomic mass is 16.5. The normalized spacial score (nSPS) is 10.9. The van der Waals surface area contributed by atoms with E-state index in [9.17, 15) is 10.5 Å². The van der Waals surface area contributed by atoms with Crippen LogP contribution < -0.4 is 4.74 Å². The summed E-state index contributed by atoms with van der Waals surface area (Å²) in [6.45, 7) is 0. The highest BCUT2D eigenvalue weighted by Gasteiger charge is 2.30. The van der Waals surface area contributed by atoms with E-state index in [1.54, 1.807) is 0 Å². The van der Waals surface area contributed by atoms with Crippen molar-refractivity contribution in [1.82, 2.24) is 4.57 Å². The number of fused-ring (bicyclic) bond motifs is 3. The van der Waals surface area contributed by atoms with Gasteiger partial charge in [-0.05, 0) is 69.8 Å². The monoisotopic (exact) mass is 689 g/mol. The first-order valence-electron chi connectivity index (χ1n) is 17.8. The third kappa shape index (κ3) is 5.56. The molecule has 0 atom stereocenters. The molecule has 0 aliphatic rings. The Balaban J connectivity index is 1.47. The van der Waals surface area contributed by atoms with Crippen LogP contribution in [0.15, 0.2) is 188 Å². The Labute approximate surface area is 313 Å². The fourth-order valence-corrected chi connectivity index (χ4v) is 7.52. The van der Waals surface area contributed by atoms with Gasteiger partial charge in [0.1, 0.15) is 29.0 Å². The fraction of sp³-hybridized carbons (Fsp3) is 0. The first-order chi connectivity index (χ1) is 26.7. The van der Waals surface area contributed by atoms with E-state index in [0.717, 1.165) is 60.8 Å². The predicted octanol–water partition coefficient (Wildman–Crippen LogP) is 13.0. The first kappa shape index (κ1) is 32.3. The Morgan fingerprint density at radius 1 is 0.389 bits per heavy atom. The molecule has 0 unspecified atom stereocenters. The topological polar surface area (TPSA) is 61.7 Å². The molecule has 0 radical (unpaired) electrons. The molecule has 0 bridgehead atoms. The molecule has 0 N–H and O–H groups in total. The lowest BCUT2D eigenvalue weighted by Gasteiger charge is -2.24. The molecular formula is C50H31N3O.